The fraction of sp³-hybridized carbons (Fsp3) is 0.375. The molecule has 1 amide bonds. The topological polar surface area (TPSA) is 50.2 Å². The summed E-state index contributed by atoms with van der Waals surface area (Å²) >= 11 is 0. The number of aromatic nitrogens is 2. The van der Waals surface area contributed by atoms with Crippen LogP contribution in [0, 0.1) is 5.82 Å². The molecule has 22 heavy (non-hydrogen) atoms. The number of nitrogens with one attached hydrogen (secondary N) is 1. The van der Waals surface area contributed by atoms with Crippen LogP contribution in [0.5, 0.6) is 0 Å². The minimum absolute atomic E-state index is 0.00698. The molecule has 6 heteroatoms. The van der Waals surface area contributed by atoms with Gasteiger partial charge in [0.1, 0.15) is 5.82 Å². The predicted octanol–water partition coefficient (Wildman–Crippen LogP) is 1.72. The lowest BCUT2D eigenvalue weighted by atomic mass is 9.99. The third-order valence-corrected chi connectivity index (χ3v) is 3.57. The Morgan fingerprint density at radius 3 is 2.82 bits per heavy atom. The molecule has 0 saturated carbocycles. The minimum Gasteiger partial charge on any atom is -0.334 e. The SMILES string of the molecule is CNCCC(=O)N(C)C(c1cccc(F)c1)c1cnn(C)c1. The Kier molecular flexibility index (Phi) is 5.27. The number of carbonyl (C=O) groups excluding carboxylic acids is 1. The van der Waals surface area contributed by atoms with Crippen LogP contribution in [0.1, 0.15) is 23.6 Å². The fourth-order valence-corrected chi connectivity index (χ4v) is 2.45. The largest absolute Gasteiger partial charge is 0.334 e. The van der Waals surface area contributed by atoms with Crippen LogP contribution in [0.3, 0.4) is 0 Å². The van der Waals surface area contributed by atoms with Crippen LogP contribution >= 0.6 is 0 Å². The maximum Gasteiger partial charge on any atom is 0.224 e. The molecule has 0 spiro atoms. The summed E-state index contributed by atoms with van der Waals surface area (Å²) in [5.41, 5.74) is 1.58. The van der Waals surface area contributed by atoms with E-state index in [1.54, 1.807) is 35.9 Å². The number of carbonyl (C=O) groups is 1. The van der Waals surface area contributed by atoms with Crippen molar-refractivity contribution in [2.45, 2.75) is 12.5 Å². The Morgan fingerprint density at radius 1 is 1.45 bits per heavy atom. The summed E-state index contributed by atoms with van der Waals surface area (Å²) in [5, 5.41) is 7.12. The van der Waals surface area contributed by atoms with Crippen molar-refractivity contribution in [1.82, 2.24) is 20.0 Å². The van der Waals surface area contributed by atoms with E-state index in [0.29, 0.717) is 13.0 Å². The van der Waals surface area contributed by atoms with Gasteiger partial charge in [0.05, 0.1) is 12.2 Å². The highest BCUT2D eigenvalue weighted by atomic mass is 19.1. The highest BCUT2D eigenvalue weighted by Gasteiger charge is 2.24. The predicted molar refractivity (Wildman–Crippen MR) is 82.8 cm³/mol. The van der Waals surface area contributed by atoms with Crippen molar-refractivity contribution in [3.05, 3.63) is 53.6 Å². The van der Waals surface area contributed by atoms with E-state index in [9.17, 15) is 9.18 Å². The lowest BCUT2D eigenvalue weighted by Gasteiger charge is -2.28. The second kappa shape index (κ2) is 7.17. The first-order valence-electron chi connectivity index (χ1n) is 7.17. The van der Waals surface area contributed by atoms with E-state index in [1.807, 2.05) is 19.3 Å². The Balaban J connectivity index is 2.35. The molecule has 0 saturated heterocycles. The van der Waals surface area contributed by atoms with E-state index in [0.717, 1.165) is 11.1 Å². The van der Waals surface area contributed by atoms with E-state index >= 15 is 0 Å². The van der Waals surface area contributed by atoms with Crippen molar-refractivity contribution in [3.8, 4) is 0 Å². The van der Waals surface area contributed by atoms with Crippen LogP contribution in [-0.4, -0.2) is 41.2 Å². The van der Waals surface area contributed by atoms with E-state index in [1.165, 1.54) is 12.1 Å². The Bertz CT molecular complexity index is 641. The standard InChI is InChI=1S/C16H21FN4O/c1-18-8-7-15(22)21(3)16(13-10-19-20(2)11-13)12-5-4-6-14(17)9-12/h4-6,9-11,16,18H,7-8H2,1-3H3. The summed E-state index contributed by atoms with van der Waals surface area (Å²) in [4.78, 5) is 14.0. The number of aryl methyl sites for hydroxylation is 1. The van der Waals surface area contributed by atoms with Gasteiger partial charge in [0, 0.05) is 38.8 Å². The molecule has 0 radical (unpaired) electrons. The van der Waals surface area contributed by atoms with Crippen molar-refractivity contribution in [1.29, 1.82) is 0 Å². The highest BCUT2D eigenvalue weighted by molar-refractivity contribution is 5.77. The normalized spacial score (nSPS) is 12.2. The van der Waals surface area contributed by atoms with Gasteiger partial charge < -0.3 is 10.2 Å². The van der Waals surface area contributed by atoms with Crippen LogP contribution in [0.25, 0.3) is 0 Å². The zero-order chi connectivity index (χ0) is 16.1. The first-order valence-corrected chi connectivity index (χ1v) is 7.17. The van der Waals surface area contributed by atoms with Crippen LogP contribution in [0.4, 0.5) is 4.39 Å². The van der Waals surface area contributed by atoms with Gasteiger partial charge in [-0.15, -0.1) is 0 Å². The zero-order valence-electron chi connectivity index (χ0n) is 13.1. The molecule has 1 atom stereocenters. The number of hydrogen-bond acceptors (Lipinski definition) is 3. The average Bonchev–Trinajstić information content (AvgIpc) is 2.91. The highest BCUT2D eigenvalue weighted by Crippen LogP contribution is 2.28. The van der Waals surface area contributed by atoms with Crippen molar-refractivity contribution >= 4 is 5.91 Å². The minimum atomic E-state index is -0.353. The van der Waals surface area contributed by atoms with Gasteiger partial charge in [-0.3, -0.25) is 9.48 Å². The second-order valence-electron chi connectivity index (χ2n) is 5.26. The van der Waals surface area contributed by atoms with Crippen LogP contribution < -0.4 is 5.32 Å². The number of halogens is 1. The molecular weight excluding hydrogens is 283 g/mol. The van der Waals surface area contributed by atoms with Gasteiger partial charge in [0.15, 0.2) is 0 Å². The van der Waals surface area contributed by atoms with Crippen LogP contribution in [0.15, 0.2) is 36.7 Å². The van der Waals surface area contributed by atoms with E-state index in [-0.39, 0.29) is 17.8 Å². The molecule has 0 fully saturated rings. The number of nitrogens with zero attached hydrogens (tertiary/aromatic N) is 3. The fourth-order valence-electron chi connectivity index (χ4n) is 2.45. The number of benzene rings is 1. The molecule has 0 aliphatic heterocycles. The van der Waals surface area contributed by atoms with Crippen LogP contribution in [0.2, 0.25) is 0 Å². The monoisotopic (exact) mass is 304 g/mol. The van der Waals surface area contributed by atoms with Crippen molar-refractivity contribution < 1.29 is 9.18 Å². The summed E-state index contributed by atoms with van der Waals surface area (Å²) in [6, 6.07) is 5.98. The van der Waals surface area contributed by atoms with Crippen molar-refractivity contribution in [3.63, 3.8) is 0 Å². The van der Waals surface area contributed by atoms with E-state index in [4.69, 9.17) is 0 Å². The Labute approximate surface area is 129 Å². The quantitative estimate of drug-likeness (QED) is 0.884. The lowest BCUT2D eigenvalue weighted by Crippen LogP contribution is -2.33. The molecule has 0 bridgehead atoms. The number of hydrogen-bond donors (Lipinski definition) is 1. The van der Waals surface area contributed by atoms with Gasteiger partial charge in [0.25, 0.3) is 0 Å². The molecule has 1 aromatic carbocycles. The first kappa shape index (κ1) is 16.2. The summed E-state index contributed by atoms with van der Waals surface area (Å²) in [7, 11) is 5.36. The molecule has 118 valence electrons. The molecule has 1 unspecified atom stereocenters. The third-order valence-electron chi connectivity index (χ3n) is 3.57. The van der Waals surface area contributed by atoms with Gasteiger partial charge in [-0.1, -0.05) is 12.1 Å². The maximum atomic E-state index is 13.6. The lowest BCUT2D eigenvalue weighted by molar-refractivity contribution is -0.131. The molecule has 0 aliphatic rings. The number of amides is 1. The van der Waals surface area contributed by atoms with Crippen molar-refractivity contribution in [2.24, 2.45) is 7.05 Å². The van der Waals surface area contributed by atoms with Gasteiger partial charge in [-0.25, -0.2) is 4.39 Å². The van der Waals surface area contributed by atoms with Crippen LogP contribution in [-0.2, 0) is 11.8 Å². The van der Waals surface area contributed by atoms with Gasteiger partial charge in [-0.05, 0) is 24.7 Å². The molecule has 2 aromatic rings. The van der Waals surface area contributed by atoms with Gasteiger partial charge >= 0.3 is 0 Å². The average molecular weight is 304 g/mol. The summed E-state index contributed by atoms with van der Waals surface area (Å²) in [6.07, 6.45) is 3.94. The van der Waals surface area contributed by atoms with E-state index < -0.39 is 0 Å². The summed E-state index contributed by atoms with van der Waals surface area (Å²) in [6.45, 7) is 0.603. The second-order valence-corrected chi connectivity index (χ2v) is 5.26. The summed E-state index contributed by atoms with van der Waals surface area (Å²) < 4.78 is 15.3. The Hall–Kier alpha value is -2.21. The molecule has 1 aromatic heterocycles. The first-order chi connectivity index (χ1) is 10.5. The molecule has 5 nitrogen and oxygen atoms in total. The third kappa shape index (κ3) is 3.71. The Morgan fingerprint density at radius 2 is 2.23 bits per heavy atom. The smallest absolute Gasteiger partial charge is 0.224 e. The van der Waals surface area contributed by atoms with Crippen molar-refractivity contribution in [2.75, 3.05) is 20.6 Å². The van der Waals surface area contributed by atoms with Gasteiger partial charge in [-0.2, -0.15) is 5.10 Å². The maximum absolute atomic E-state index is 13.6. The molecular formula is C16H21FN4O. The van der Waals surface area contributed by atoms with E-state index in [2.05, 4.69) is 10.4 Å². The molecule has 1 N–H and O–H groups in total. The molecule has 0 aliphatic carbocycles. The molecule has 1 heterocycles. The molecule has 2 rings (SSSR count). The zero-order valence-corrected chi connectivity index (χ0v) is 13.1. The number of rotatable bonds is 6. The van der Waals surface area contributed by atoms with Gasteiger partial charge in [0.2, 0.25) is 5.91 Å². The summed E-state index contributed by atoms with van der Waals surface area (Å²) in [5.74, 6) is -0.324.